The molecule has 1 aromatic rings. The smallest absolute Gasteiger partial charge is 0.255 e. The number of carbonyl (C=O) groups excluding carboxylic acids is 1. The van der Waals surface area contributed by atoms with Crippen molar-refractivity contribution in [3.05, 3.63) is 30.1 Å². The molecule has 0 radical (unpaired) electrons. The van der Waals surface area contributed by atoms with E-state index in [-0.39, 0.29) is 5.91 Å². The molecular weight excluding hydrogens is 214 g/mol. The molecule has 90 valence electrons. The molecule has 2 aliphatic heterocycles. The molecule has 0 aliphatic carbocycles. The van der Waals surface area contributed by atoms with Crippen LogP contribution in [-0.4, -0.2) is 41.5 Å². The van der Waals surface area contributed by atoms with Crippen molar-refractivity contribution in [1.82, 2.24) is 15.2 Å². The van der Waals surface area contributed by atoms with Gasteiger partial charge in [0, 0.05) is 31.5 Å². The molecule has 0 aromatic carbocycles. The lowest BCUT2D eigenvalue weighted by atomic mass is 9.94. The molecule has 2 atom stereocenters. The molecule has 17 heavy (non-hydrogen) atoms. The average Bonchev–Trinajstić information content (AvgIpc) is 2.82. The highest BCUT2D eigenvalue weighted by molar-refractivity contribution is 5.94. The first-order valence-corrected chi connectivity index (χ1v) is 6.27. The van der Waals surface area contributed by atoms with Crippen LogP contribution in [0.4, 0.5) is 0 Å². The first-order chi connectivity index (χ1) is 8.34. The first kappa shape index (κ1) is 10.7. The highest BCUT2D eigenvalue weighted by Gasteiger charge is 2.36. The van der Waals surface area contributed by atoms with Gasteiger partial charge in [0.05, 0.1) is 5.56 Å². The van der Waals surface area contributed by atoms with Crippen molar-refractivity contribution in [3.63, 3.8) is 0 Å². The number of carbonyl (C=O) groups is 1. The normalized spacial score (nSPS) is 27.9. The third-order valence-electron chi connectivity index (χ3n) is 3.79. The van der Waals surface area contributed by atoms with Crippen LogP contribution in [0.2, 0.25) is 0 Å². The minimum Gasteiger partial charge on any atom is -0.337 e. The van der Waals surface area contributed by atoms with Gasteiger partial charge in [0.15, 0.2) is 0 Å². The van der Waals surface area contributed by atoms with Crippen molar-refractivity contribution in [2.75, 3.05) is 19.6 Å². The van der Waals surface area contributed by atoms with Crippen molar-refractivity contribution < 1.29 is 4.79 Å². The minimum absolute atomic E-state index is 0.120. The molecule has 0 bridgehead atoms. The molecule has 1 amide bonds. The zero-order chi connectivity index (χ0) is 11.7. The van der Waals surface area contributed by atoms with Gasteiger partial charge in [0.25, 0.3) is 5.91 Å². The van der Waals surface area contributed by atoms with Crippen LogP contribution < -0.4 is 5.32 Å². The van der Waals surface area contributed by atoms with Crippen molar-refractivity contribution >= 4 is 5.91 Å². The molecule has 4 heteroatoms. The Morgan fingerprint density at radius 1 is 1.47 bits per heavy atom. The van der Waals surface area contributed by atoms with Gasteiger partial charge in [0.2, 0.25) is 0 Å². The molecule has 0 saturated carbocycles. The van der Waals surface area contributed by atoms with E-state index in [1.165, 1.54) is 12.8 Å². The Hall–Kier alpha value is -1.42. The Morgan fingerprint density at radius 2 is 2.41 bits per heavy atom. The fourth-order valence-electron chi connectivity index (χ4n) is 2.88. The number of hydrogen-bond acceptors (Lipinski definition) is 3. The number of rotatable bonds is 1. The van der Waals surface area contributed by atoms with Gasteiger partial charge in [-0.3, -0.25) is 9.78 Å². The predicted octanol–water partition coefficient (Wildman–Crippen LogP) is 0.906. The maximum atomic E-state index is 12.2. The van der Waals surface area contributed by atoms with E-state index in [1.54, 1.807) is 12.4 Å². The SMILES string of the molecule is O=C(c1cccnc1)N1CC2CCCNC2C1. The maximum absolute atomic E-state index is 12.2. The lowest BCUT2D eigenvalue weighted by molar-refractivity contribution is 0.0785. The summed E-state index contributed by atoms with van der Waals surface area (Å²) in [5.74, 6) is 0.763. The topological polar surface area (TPSA) is 45.2 Å². The van der Waals surface area contributed by atoms with Crippen LogP contribution in [-0.2, 0) is 0 Å². The van der Waals surface area contributed by atoms with Crippen molar-refractivity contribution in [2.45, 2.75) is 18.9 Å². The molecule has 1 N–H and O–H groups in total. The average molecular weight is 231 g/mol. The second kappa shape index (κ2) is 4.45. The summed E-state index contributed by atoms with van der Waals surface area (Å²) in [6.07, 6.45) is 5.82. The number of likely N-dealkylation sites (tertiary alicyclic amines) is 1. The Balaban J connectivity index is 1.72. The highest BCUT2D eigenvalue weighted by Crippen LogP contribution is 2.25. The van der Waals surface area contributed by atoms with Crippen LogP contribution >= 0.6 is 0 Å². The number of piperidine rings is 1. The maximum Gasteiger partial charge on any atom is 0.255 e. The minimum atomic E-state index is 0.120. The first-order valence-electron chi connectivity index (χ1n) is 6.27. The monoisotopic (exact) mass is 231 g/mol. The third-order valence-corrected chi connectivity index (χ3v) is 3.79. The third kappa shape index (κ3) is 2.05. The van der Waals surface area contributed by atoms with Crippen LogP contribution in [0.25, 0.3) is 0 Å². The fourth-order valence-corrected chi connectivity index (χ4v) is 2.88. The molecule has 1 aromatic heterocycles. The number of pyridine rings is 1. The van der Waals surface area contributed by atoms with E-state index >= 15 is 0 Å². The summed E-state index contributed by atoms with van der Waals surface area (Å²) in [7, 11) is 0. The molecule has 2 saturated heterocycles. The van der Waals surface area contributed by atoms with Crippen LogP contribution in [0.3, 0.4) is 0 Å². The van der Waals surface area contributed by atoms with Gasteiger partial charge in [-0.25, -0.2) is 0 Å². The van der Waals surface area contributed by atoms with Gasteiger partial charge >= 0.3 is 0 Å². The van der Waals surface area contributed by atoms with E-state index in [4.69, 9.17) is 0 Å². The Morgan fingerprint density at radius 3 is 3.18 bits per heavy atom. The highest BCUT2D eigenvalue weighted by atomic mass is 16.2. The van der Waals surface area contributed by atoms with Gasteiger partial charge in [-0.2, -0.15) is 0 Å². The number of hydrogen-bond donors (Lipinski definition) is 1. The van der Waals surface area contributed by atoms with Gasteiger partial charge < -0.3 is 10.2 Å². The molecular formula is C13H17N3O. The number of nitrogens with one attached hydrogen (secondary N) is 1. The van der Waals surface area contributed by atoms with Gasteiger partial charge in [-0.05, 0) is 37.4 Å². The van der Waals surface area contributed by atoms with Crippen molar-refractivity contribution in [2.24, 2.45) is 5.92 Å². The largest absolute Gasteiger partial charge is 0.337 e. The Labute approximate surface area is 101 Å². The Kier molecular flexibility index (Phi) is 2.81. The number of fused-ring (bicyclic) bond motifs is 1. The van der Waals surface area contributed by atoms with Crippen molar-refractivity contribution in [3.8, 4) is 0 Å². The zero-order valence-electron chi connectivity index (χ0n) is 9.80. The summed E-state index contributed by atoms with van der Waals surface area (Å²) >= 11 is 0. The summed E-state index contributed by atoms with van der Waals surface area (Å²) in [5.41, 5.74) is 0.700. The van der Waals surface area contributed by atoms with E-state index in [1.807, 2.05) is 17.0 Å². The Bertz CT molecular complexity index is 392. The van der Waals surface area contributed by atoms with Crippen LogP contribution in [0, 0.1) is 5.92 Å². The summed E-state index contributed by atoms with van der Waals surface area (Å²) < 4.78 is 0. The zero-order valence-corrected chi connectivity index (χ0v) is 9.80. The quantitative estimate of drug-likeness (QED) is 0.781. The van der Waals surface area contributed by atoms with E-state index in [0.717, 1.165) is 19.6 Å². The summed E-state index contributed by atoms with van der Waals surface area (Å²) in [6, 6.07) is 4.16. The van der Waals surface area contributed by atoms with Gasteiger partial charge in [-0.15, -0.1) is 0 Å². The van der Waals surface area contributed by atoms with E-state index in [2.05, 4.69) is 10.3 Å². The molecule has 3 rings (SSSR count). The lowest BCUT2D eigenvalue weighted by Gasteiger charge is -2.24. The summed E-state index contributed by atoms with van der Waals surface area (Å²) in [6.45, 7) is 2.83. The molecule has 2 unspecified atom stereocenters. The van der Waals surface area contributed by atoms with E-state index in [9.17, 15) is 4.79 Å². The standard InChI is InChI=1S/C13H17N3O/c17-13(10-3-1-5-14-7-10)16-8-11-4-2-6-15-12(11)9-16/h1,3,5,7,11-12,15H,2,4,6,8-9H2. The molecule has 2 fully saturated rings. The van der Waals surface area contributed by atoms with E-state index < -0.39 is 0 Å². The molecule has 2 aliphatic rings. The predicted molar refractivity (Wildman–Crippen MR) is 64.7 cm³/mol. The lowest BCUT2D eigenvalue weighted by Crippen LogP contribution is -2.41. The van der Waals surface area contributed by atoms with Crippen LogP contribution in [0.15, 0.2) is 24.5 Å². The van der Waals surface area contributed by atoms with Crippen molar-refractivity contribution in [1.29, 1.82) is 0 Å². The van der Waals surface area contributed by atoms with Gasteiger partial charge in [-0.1, -0.05) is 0 Å². The summed E-state index contributed by atoms with van der Waals surface area (Å²) in [4.78, 5) is 18.2. The number of nitrogens with zero attached hydrogens (tertiary/aromatic N) is 2. The second-order valence-corrected chi connectivity index (χ2v) is 4.91. The molecule has 4 nitrogen and oxygen atoms in total. The van der Waals surface area contributed by atoms with Crippen LogP contribution in [0.1, 0.15) is 23.2 Å². The van der Waals surface area contributed by atoms with E-state index in [0.29, 0.717) is 17.5 Å². The van der Waals surface area contributed by atoms with Gasteiger partial charge in [0.1, 0.15) is 0 Å². The number of aromatic nitrogens is 1. The summed E-state index contributed by atoms with van der Waals surface area (Å²) in [5, 5.41) is 3.51. The molecule has 0 spiro atoms. The fraction of sp³-hybridized carbons (Fsp3) is 0.538. The number of amides is 1. The van der Waals surface area contributed by atoms with Crippen LogP contribution in [0.5, 0.6) is 0 Å². The molecule has 3 heterocycles. The second-order valence-electron chi connectivity index (χ2n) is 4.91.